The fourth-order valence-electron chi connectivity index (χ4n) is 3.80. The molecule has 0 radical (unpaired) electrons. The Morgan fingerprint density at radius 2 is 1.69 bits per heavy atom. The van der Waals surface area contributed by atoms with Gasteiger partial charge in [-0.1, -0.05) is 76.6 Å². The third-order valence-corrected chi connectivity index (χ3v) is 5.80. The predicted octanol–water partition coefficient (Wildman–Crippen LogP) is 5.02. The maximum Gasteiger partial charge on any atom is 0.255 e. The molecule has 2 atom stereocenters. The van der Waals surface area contributed by atoms with Crippen LogP contribution < -0.4 is 5.32 Å². The standard InChI is InChI=1S/C24H21BrN2O2/c1-16(18-10-6-3-7-11-18)27-22(21-14-19(25)12-13-20(21)24(27)29)23(28)26-15-17-8-4-2-5-9-17/h2-14,16,22H,15H2,1H3,(H,26,28)/t16-,22?/m1/s1. The van der Waals surface area contributed by atoms with Gasteiger partial charge < -0.3 is 10.2 Å². The Labute approximate surface area is 178 Å². The molecule has 2 amide bonds. The zero-order valence-electron chi connectivity index (χ0n) is 16.0. The van der Waals surface area contributed by atoms with Gasteiger partial charge in [-0.15, -0.1) is 0 Å². The lowest BCUT2D eigenvalue weighted by Gasteiger charge is -2.31. The van der Waals surface area contributed by atoms with Gasteiger partial charge in [-0.3, -0.25) is 9.59 Å². The van der Waals surface area contributed by atoms with E-state index < -0.39 is 6.04 Å². The molecule has 1 N–H and O–H groups in total. The lowest BCUT2D eigenvalue weighted by molar-refractivity contribution is -0.126. The zero-order chi connectivity index (χ0) is 20.4. The highest BCUT2D eigenvalue weighted by molar-refractivity contribution is 9.10. The smallest absolute Gasteiger partial charge is 0.255 e. The van der Waals surface area contributed by atoms with E-state index in [0.717, 1.165) is 21.2 Å². The molecule has 0 saturated heterocycles. The van der Waals surface area contributed by atoms with Crippen LogP contribution in [-0.4, -0.2) is 16.7 Å². The van der Waals surface area contributed by atoms with E-state index in [1.54, 1.807) is 11.0 Å². The number of rotatable bonds is 5. The lowest BCUT2D eigenvalue weighted by Crippen LogP contribution is -2.40. The molecule has 0 aliphatic carbocycles. The van der Waals surface area contributed by atoms with Crippen LogP contribution in [0.2, 0.25) is 0 Å². The van der Waals surface area contributed by atoms with Crippen LogP contribution in [0.1, 0.15) is 46.1 Å². The summed E-state index contributed by atoms with van der Waals surface area (Å²) in [6.07, 6.45) is 0. The molecule has 1 aliphatic heterocycles. The van der Waals surface area contributed by atoms with Gasteiger partial charge in [-0.2, -0.15) is 0 Å². The van der Waals surface area contributed by atoms with Crippen LogP contribution in [0.25, 0.3) is 0 Å². The van der Waals surface area contributed by atoms with Gasteiger partial charge in [0.1, 0.15) is 6.04 Å². The molecule has 4 nitrogen and oxygen atoms in total. The van der Waals surface area contributed by atoms with E-state index in [0.29, 0.717) is 12.1 Å². The zero-order valence-corrected chi connectivity index (χ0v) is 17.6. The number of nitrogens with one attached hydrogen (secondary N) is 1. The first-order valence-electron chi connectivity index (χ1n) is 9.55. The summed E-state index contributed by atoms with van der Waals surface area (Å²) in [5, 5.41) is 3.01. The number of benzene rings is 3. The molecule has 3 aromatic rings. The minimum absolute atomic E-state index is 0.122. The third-order valence-electron chi connectivity index (χ3n) is 5.31. The highest BCUT2D eigenvalue weighted by atomic mass is 79.9. The number of halogens is 1. The first kappa shape index (κ1) is 19.4. The van der Waals surface area contributed by atoms with Gasteiger partial charge in [-0.05, 0) is 41.8 Å². The third kappa shape index (κ3) is 3.83. The summed E-state index contributed by atoms with van der Waals surface area (Å²) in [5.74, 6) is -0.300. The Bertz CT molecular complexity index is 1040. The Kier molecular flexibility index (Phi) is 5.49. The van der Waals surface area contributed by atoms with E-state index in [2.05, 4.69) is 21.2 Å². The summed E-state index contributed by atoms with van der Waals surface area (Å²) in [4.78, 5) is 28.2. The molecule has 0 aromatic heterocycles. The normalized spacial score (nSPS) is 16.4. The Morgan fingerprint density at radius 1 is 1.03 bits per heavy atom. The van der Waals surface area contributed by atoms with Crippen molar-refractivity contribution in [1.82, 2.24) is 10.2 Å². The first-order chi connectivity index (χ1) is 14.1. The fourth-order valence-corrected chi connectivity index (χ4v) is 4.18. The van der Waals surface area contributed by atoms with E-state index in [4.69, 9.17) is 0 Å². The number of amides is 2. The highest BCUT2D eigenvalue weighted by Gasteiger charge is 2.43. The van der Waals surface area contributed by atoms with Crippen molar-refractivity contribution in [2.75, 3.05) is 0 Å². The van der Waals surface area contributed by atoms with Gasteiger partial charge in [0.15, 0.2) is 0 Å². The molecule has 4 rings (SSSR count). The van der Waals surface area contributed by atoms with Gasteiger partial charge in [0.25, 0.3) is 5.91 Å². The molecule has 0 fully saturated rings. The minimum Gasteiger partial charge on any atom is -0.350 e. The van der Waals surface area contributed by atoms with Crippen LogP contribution in [0.4, 0.5) is 0 Å². The molecule has 146 valence electrons. The van der Waals surface area contributed by atoms with Crippen molar-refractivity contribution in [1.29, 1.82) is 0 Å². The number of nitrogens with zero attached hydrogens (tertiary/aromatic N) is 1. The van der Waals surface area contributed by atoms with Crippen molar-refractivity contribution >= 4 is 27.7 Å². The van der Waals surface area contributed by atoms with E-state index in [9.17, 15) is 9.59 Å². The molecule has 0 saturated carbocycles. The molecular formula is C24H21BrN2O2. The molecular weight excluding hydrogens is 428 g/mol. The maximum absolute atomic E-state index is 13.3. The van der Waals surface area contributed by atoms with Crippen molar-refractivity contribution in [3.8, 4) is 0 Å². The fraction of sp³-hybridized carbons (Fsp3) is 0.167. The Balaban J connectivity index is 1.67. The summed E-state index contributed by atoms with van der Waals surface area (Å²) in [6, 6.07) is 24.2. The van der Waals surface area contributed by atoms with Crippen LogP contribution in [0.5, 0.6) is 0 Å². The minimum atomic E-state index is -0.672. The molecule has 29 heavy (non-hydrogen) atoms. The summed E-state index contributed by atoms with van der Waals surface area (Å²) >= 11 is 3.48. The van der Waals surface area contributed by atoms with Gasteiger partial charge in [0, 0.05) is 16.6 Å². The van der Waals surface area contributed by atoms with Gasteiger partial charge in [-0.25, -0.2) is 0 Å². The lowest BCUT2D eigenvalue weighted by atomic mass is 10.0. The maximum atomic E-state index is 13.3. The Morgan fingerprint density at radius 3 is 2.38 bits per heavy atom. The van der Waals surface area contributed by atoms with Crippen molar-refractivity contribution in [2.45, 2.75) is 25.6 Å². The summed E-state index contributed by atoms with van der Waals surface area (Å²) < 4.78 is 0.846. The van der Waals surface area contributed by atoms with Crippen molar-refractivity contribution in [2.24, 2.45) is 0 Å². The number of carbonyl (C=O) groups excluding carboxylic acids is 2. The topological polar surface area (TPSA) is 49.4 Å². The van der Waals surface area contributed by atoms with Gasteiger partial charge in [0.05, 0.1) is 6.04 Å². The molecule has 0 spiro atoms. The molecule has 3 aromatic carbocycles. The number of hydrogen-bond acceptors (Lipinski definition) is 2. The number of fused-ring (bicyclic) bond motifs is 1. The van der Waals surface area contributed by atoms with Gasteiger partial charge in [0.2, 0.25) is 5.91 Å². The number of carbonyl (C=O) groups is 2. The van der Waals surface area contributed by atoms with Gasteiger partial charge >= 0.3 is 0 Å². The largest absolute Gasteiger partial charge is 0.350 e. The van der Waals surface area contributed by atoms with Crippen LogP contribution in [0.15, 0.2) is 83.3 Å². The van der Waals surface area contributed by atoms with Crippen molar-refractivity contribution in [3.63, 3.8) is 0 Å². The first-order valence-corrected chi connectivity index (χ1v) is 10.3. The summed E-state index contributed by atoms with van der Waals surface area (Å²) in [5.41, 5.74) is 3.32. The summed E-state index contributed by atoms with van der Waals surface area (Å²) in [6.45, 7) is 2.38. The van der Waals surface area contributed by atoms with Crippen LogP contribution in [0.3, 0.4) is 0 Å². The number of hydrogen-bond donors (Lipinski definition) is 1. The SMILES string of the molecule is C[C@H](c1ccccc1)N1C(=O)c2ccc(Br)cc2C1C(=O)NCc1ccccc1. The van der Waals surface area contributed by atoms with E-state index in [-0.39, 0.29) is 17.9 Å². The van der Waals surface area contributed by atoms with Crippen LogP contribution >= 0.6 is 15.9 Å². The van der Waals surface area contributed by atoms with Crippen molar-refractivity contribution < 1.29 is 9.59 Å². The quantitative estimate of drug-likeness (QED) is 0.595. The second-order valence-electron chi connectivity index (χ2n) is 7.14. The highest BCUT2D eigenvalue weighted by Crippen LogP contribution is 2.41. The van der Waals surface area contributed by atoms with E-state index >= 15 is 0 Å². The molecule has 0 bridgehead atoms. The van der Waals surface area contributed by atoms with E-state index in [1.165, 1.54) is 0 Å². The molecule has 1 aliphatic rings. The molecule has 5 heteroatoms. The average molecular weight is 449 g/mol. The average Bonchev–Trinajstić information content (AvgIpc) is 3.04. The summed E-state index contributed by atoms with van der Waals surface area (Å²) in [7, 11) is 0. The monoisotopic (exact) mass is 448 g/mol. The molecule has 1 unspecified atom stereocenters. The van der Waals surface area contributed by atoms with Crippen LogP contribution in [-0.2, 0) is 11.3 Å². The van der Waals surface area contributed by atoms with E-state index in [1.807, 2.05) is 79.7 Å². The van der Waals surface area contributed by atoms with Crippen molar-refractivity contribution in [3.05, 3.63) is 106 Å². The predicted molar refractivity (Wildman–Crippen MR) is 116 cm³/mol. The second kappa shape index (κ2) is 8.21. The molecule has 1 heterocycles. The Hall–Kier alpha value is -2.92. The second-order valence-corrected chi connectivity index (χ2v) is 8.05. The van der Waals surface area contributed by atoms with Crippen LogP contribution in [0, 0.1) is 0 Å².